The fourth-order valence-electron chi connectivity index (χ4n) is 3.34. The zero-order valence-electron chi connectivity index (χ0n) is 16.8. The van der Waals surface area contributed by atoms with Crippen molar-refractivity contribution in [3.05, 3.63) is 35.0 Å². The quantitative estimate of drug-likeness (QED) is 0.567. The van der Waals surface area contributed by atoms with Gasteiger partial charge >= 0.3 is 0 Å². The van der Waals surface area contributed by atoms with E-state index in [-0.39, 0.29) is 24.2 Å². The number of rotatable bonds is 6. The first-order valence-electron chi connectivity index (χ1n) is 9.43. The third-order valence-electron chi connectivity index (χ3n) is 4.87. The summed E-state index contributed by atoms with van der Waals surface area (Å²) in [5.74, 6) is 1.02. The van der Waals surface area contributed by atoms with E-state index in [1.165, 1.54) is 17.3 Å². The van der Waals surface area contributed by atoms with Crippen molar-refractivity contribution in [3.63, 3.8) is 0 Å². The summed E-state index contributed by atoms with van der Waals surface area (Å²) in [7, 11) is 3.20. The lowest BCUT2D eigenvalue weighted by atomic mass is 10.1. The number of hydrogen-bond donors (Lipinski definition) is 2. The number of anilines is 3. The summed E-state index contributed by atoms with van der Waals surface area (Å²) in [5, 5.41) is 6.87. The largest absolute Gasteiger partial charge is 0.495 e. The monoisotopic (exact) mass is 466 g/mol. The molecule has 0 radical (unpaired) electrons. The van der Waals surface area contributed by atoms with Gasteiger partial charge in [0.1, 0.15) is 11.6 Å². The first kappa shape index (κ1) is 21.5. The number of ether oxygens (including phenoxy) is 2. The van der Waals surface area contributed by atoms with Crippen molar-refractivity contribution in [3.8, 4) is 5.75 Å². The average Bonchev–Trinajstić information content (AvgIpc) is 3.14. The summed E-state index contributed by atoms with van der Waals surface area (Å²) in [6.45, 7) is 2.16. The molecule has 0 spiro atoms. The zero-order chi connectivity index (χ0) is 22.0. The smallest absolute Gasteiger partial charge is 0.254 e. The Morgan fingerprint density at radius 1 is 1.32 bits per heavy atom. The van der Waals surface area contributed by atoms with Crippen molar-refractivity contribution in [1.29, 1.82) is 0 Å². The normalized spacial score (nSPS) is 14.0. The molecule has 31 heavy (non-hydrogen) atoms. The van der Waals surface area contributed by atoms with Gasteiger partial charge in [-0.2, -0.15) is 9.97 Å². The minimum absolute atomic E-state index is 0.00972. The second-order valence-electron chi connectivity index (χ2n) is 6.66. The van der Waals surface area contributed by atoms with Gasteiger partial charge in [-0.05, 0) is 18.2 Å². The number of carbonyl (C=O) groups is 1. The van der Waals surface area contributed by atoms with Crippen LogP contribution in [0.2, 0.25) is 5.02 Å². The van der Waals surface area contributed by atoms with Crippen LogP contribution >= 0.6 is 23.9 Å². The highest BCUT2D eigenvalue weighted by Crippen LogP contribution is 2.35. The van der Waals surface area contributed by atoms with Crippen molar-refractivity contribution in [1.82, 2.24) is 18.8 Å². The molecule has 9 nitrogen and oxygen atoms in total. The van der Waals surface area contributed by atoms with Crippen LogP contribution in [0.15, 0.2) is 24.4 Å². The van der Waals surface area contributed by atoms with E-state index >= 15 is 0 Å². The Morgan fingerprint density at radius 3 is 2.77 bits per heavy atom. The Morgan fingerprint density at radius 2 is 2.10 bits per heavy atom. The molecule has 0 atom stereocenters. The lowest BCUT2D eigenvalue weighted by Crippen LogP contribution is -2.40. The number of nitrogens with one attached hydrogen (secondary N) is 2. The molecule has 2 aromatic heterocycles. The predicted molar refractivity (Wildman–Crippen MR) is 119 cm³/mol. The number of nitrogens with zero attached hydrogens (tertiary/aromatic N) is 4. The number of carbonyl (C=O) groups excluding carboxylic acids is 1. The van der Waals surface area contributed by atoms with Gasteiger partial charge in [0.05, 0.1) is 36.4 Å². The fraction of sp³-hybridized carbons (Fsp3) is 0.316. The number of benzene rings is 1. The number of morpholine rings is 1. The van der Waals surface area contributed by atoms with Gasteiger partial charge in [0, 0.05) is 31.9 Å². The van der Waals surface area contributed by atoms with Crippen LogP contribution < -0.4 is 15.4 Å². The molecular weight excluding hydrogens is 447 g/mol. The van der Waals surface area contributed by atoms with Crippen LogP contribution in [-0.4, -0.2) is 65.2 Å². The van der Waals surface area contributed by atoms with Crippen LogP contribution in [0.4, 0.5) is 21.3 Å². The molecule has 0 aliphatic carbocycles. The van der Waals surface area contributed by atoms with E-state index in [2.05, 4.69) is 20.6 Å². The third-order valence-corrected chi connectivity index (χ3v) is 5.59. The Labute approximate surface area is 187 Å². The number of methoxy groups -OCH3 is 1. The molecule has 3 heterocycles. The van der Waals surface area contributed by atoms with Crippen molar-refractivity contribution in [2.75, 3.05) is 51.1 Å². The summed E-state index contributed by atoms with van der Waals surface area (Å²) in [6, 6.07) is 5.08. The summed E-state index contributed by atoms with van der Waals surface area (Å²) in [6.07, 6.45) is 1.43. The number of amides is 1. The molecule has 1 amide bonds. The summed E-state index contributed by atoms with van der Waals surface area (Å²) < 4.78 is 25.3. The van der Waals surface area contributed by atoms with Crippen molar-refractivity contribution in [2.45, 2.75) is 0 Å². The SMILES string of the molecule is CNc1nc(Nc2ccc(C(=O)N3CCOCC3)cc2OC)nc2c1c(Cl)cn2SF. The molecule has 1 fully saturated rings. The van der Waals surface area contributed by atoms with Gasteiger partial charge in [0.25, 0.3) is 5.91 Å². The van der Waals surface area contributed by atoms with Gasteiger partial charge in [0.15, 0.2) is 18.0 Å². The zero-order valence-corrected chi connectivity index (χ0v) is 18.4. The van der Waals surface area contributed by atoms with Gasteiger partial charge in [0.2, 0.25) is 5.95 Å². The molecule has 0 saturated carbocycles. The highest BCUT2D eigenvalue weighted by molar-refractivity contribution is 7.92. The van der Waals surface area contributed by atoms with E-state index in [1.807, 2.05) is 0 Å². The molecule has 0 unspecified atom stereocenters. The van der Waals surface area contributed by atoms with Crippen molar-refractivity contribution >= 4 is 58.3 Å². The number of hydrogen-bond acceptors (Lipinski definition) is 8. The van der Waals surface area contributed by atoms with Crippen LogP contribution in [0.25, 0.3) is 11.0 Å². The highest BCUT2D eigenvalue weighted by atomic mass is 35.5. The number of halogens is 2. The highest BCUT2D eigenvalue weighted by Gasteiger charge is 2.21. The second kappa shape index (κ2) is 9.16. The standard InChI is InChI=1S/C19H20ClFN6O3S/c1-22-16-15-12(20)10-27(31-21)17(15)25-19(24-16)23-13-4-3-11(9-14(13)29-2)18(28)26-5-7-30-8-6-26/h3-4,9-10H,5-8H2,1-2H3,(H2,22,23,24,25). The van der Waals surface area contributed by atoms with Crippen molar-refractivity contribution in [2.24, 2.45) is 0 Å². The molecule has 1 aliphatic rings. The van der Waals surface area contributed by atoms with E-state index < -0.39 is 0 Å². The molecule has 12 heteroatoms. The minimum atomic E-state index is -0.0873. The molecule has 1 saturated heterocycles. The number of aromatic nitrogens is 3. The Balaban J connectivity index is 1.66. The van der Waals surface area contributed by atoms with Crippen LogP contribution in [-0.2, 0) is 4.74 Å². The maximum atomic E-state index is 13.3. The van der Waals surface area contributed by atoms with E-state index in [4.69, 9.17) is 21.1 Å². The van der Waals surface area contributed by atoms with E-state index in [1.54, 1.807) is 30.1 Å². The summed E-state index contributed by atoms with van der Waals surface area (Å²) in [4.78, 5) is 23.3. The molecular formula is C19H20ClFN6O3S. The van der Waals surface area contributed by atoms with Crippen LogP contribution in [0.3, 0.4) is 0 Å². The van der Waals surface area contributed by atoms with E-state index in [9.17, 15) is 8.68 Å². The van der Waals surface area contributed by atoms with E-state index in [0.717, 1.165) is 0 Å². The Kier molecular flexibility index (Phi) is 6.35. The molecule has 0 bridgehead atoms. The maximum absolute atomic E-state index is 13.3. The van der Waals surface area contributed by atoms with Gasteiger partial charge in [-0.25, -0.2) is 3.97 Å². The molecule has 2 N–H and O–H groups in total. The fourth-order valence-corrected chi connectivity index (χ4v) is 4.02. The topological polar surface area (TPSA) is 93.5 Å². The molecule has 164 valence electrons. The summed E-state index contributed by atoms with van der Waals surface area (Å²) >= 11 is 6.20. The summed E-state index contributed by atoms with van der Waals surface area (Å²) in [5.41, 5.74) is 1.38. The molecule has 4 rings (SSSR count). The van der Waals surface area contributed by atoms with Crippen LogP contribution in [0.5, 0.6) is 5.75 Å². The van der Waals surface area contributed by atoms with Crippen molar-refractivity contribution < 1.29 is 18.2 Å². The molecule has 1 aliphatic heterocycles. The minimum Gasteiger partial charge on any atom is -0.495 e. The second-order valence-corrected chi connectivity index (χ2v) is 7.60. The number of fused-ring (bicyclic) bond motifs is 1. The first-order valence-corrected chi connectivity index (χ1v) is 10.5. The van der Waals surface area contributed by atoms with Crippen LogP contribution in [0.1, 0.15) is 10.4 Å². The maximum Gasteiger partial charge on any atom is 0.254 e. The van der Waals surface area contributed by atoms with E-state index in [0.29, 0.717) is 65.2 Å². The van der Waals surface area contributed by atoms with Crippen LogP contribution in [0, 0.1) is 0 Å². The van der Waals surface area contributed by atoms with Gasteiger partial charge in [-0.15, -0.1) is 3.89 Å². The molecule has 1 aromatic carbocycles. The Hall–Kier alpha value is -2.76. The van der Waals surface area contributed by atoms with Gasteiger partial charge < -0.3 is 25.0 Å². The first-order chi connectivity index (χ1) is 15.0. The molecule has 3 aromatic rings. The lowest BCUT2D eigenvalue weighted by Gasteiger charge is -2.27. The Bertz CT molecular complexity index is 1120. The third kappa shape index (κ3) is 4.21. The van der Waals surface area contributed by atoms with Gasteiger partial charge in [-0.1, -0.05) is 11.6 Å². The predicted octanol–water partition coefficient (Wildman–Crippen LogP) is 3.73. The lowest BCUT2D eigenvalue weighted by molar-refractivity contribution is 0.0302. The average molecular weight is 467 g/mol. The van der Waals surface area contributed by atoms with Gasteiger partial charge in [-0.3, -0.25) is 4.79 Å².